The van der Waals surface area contributed by atoms with Gasteiger partial charge in [-0.2, -0.15) is 10.1 Å². The molecule has 1 aliphatic rings. The molecule has 5 rings (SSSR count). The van der Waals surface area contributed by atoms with Crippen LogP contribution in [0.3, 0.4) is 0 Å². The number of nitrogens with zero attached hydrogens (tertiary/aromatic N) is 4. The molecule has 6 nitrogen and oxygen atoms in total. The molecule has 0 bridgehead atoms. The monoisotopic (exact) mass is 392 g/mol. The van der Waals surface area contributed by atoms with Crippen LogP contribution in [0.5, 0.6) is 0 Å². The third-order valence-corrected chi connectivity index (χ3v) is 5.08. The lowest BCUT2D eigenvalue weighted by Gasteiger charge is -2.24. The molecular formula is C21H17ClN4O2. The summed E-state index contributed by atoms with van der Waals surface area (Å²) in [5, 5.41) is 9.45. The van der Waals surface area contributed by atoms with E-state index in [0.717, 1.165) is 16.8 Å². The van der Waals surface area contributed by atoms with E-state index < -0.39 is 0 Å². The average molecular weight is 393 g/mol. The molecule has 0 fully saturated rings. The Kier molecular flexibility index (Phi) is 4.22. The fraction of sp³-hybridized carbons (Fsp3) is 0.190. The van der Waals surface area contributed by atoms with Crippen LogP contribution in [0.2, 0.25) is 5.02 Å². The molecule has 1 aliphatic heterocycles. The van der Waals surface area contributed by atoms with Gasteiger partial charge in [0.2, 0.25) is 5.82 Å². The lowest BCUT2D eigenvalue weighted by Crippen LogP contribution is -2.21. The summed E-state index contributed by atoms with van der Waals surface area (Å²) in [7, 11) is 0. The Morgan fingerprint density at radius 3 is 2.64 bits per heavy atom. The minimum Gasteiger partial charge on any atom is -0.365 e. The van der Waals surface area contributed by atoms with Crippen LogP contribution in [0.4, 0.5) is 0 Å². The van der Waals surface area contributed by atoms with Crippen molar-refractivity contribution in [1.29, 1.82) is 0 Å². The summed E-state index contributed by atoms with van der Waals surface area (Å²) in [6.07, 6.45) is -0.0664. The van der Waals surface area contributed by atoms with Crippen molar-refractivity contribution in [3.8, 4) is 23.0 Å². The normalized spacial score (nSPS) is 16.1. The first-order chi connectivity index (χ1) is 13.7. The number of ether oxygens (including phenoxy) is 1. The summed E-state index contributed by atoms with van der Waals surface area (Å²) in [5.74, 6) is 0.955. The highest BCUT2D eigenvalue weighted by molar-refractivity contribution is 6.30. The second-order valence-corrected chi connectivity index (χ2v) is 7.28. The Labute approximate surface area is 166 Å². The molecule has 0 saturated carbocycles. The molecule has 2 aromatic heterocycles. The summed E-state index contributed by atoms with van der Waals surface area (Å²) in [6, 6.07) is 17.6. The van der Waals surface area contributed by atoms with Crippen LogP contribution in [0.25, 0.3) is 23.0 Å². The number of aryl methyl sites for hydroxylation is 1. The minimum atomic E-state index is -0.0664. The van der Waals surface area contributed by atoms with E-state index in [4.69, 9.17) is 20.9 Å². The standard InChI is InChI=1S/C21H17ClN4O2/c1-13-2-4-15(5-3-13)20-23-21(28-25-20)18-10-17-12-27-19(11-26(17)24-18)14-6-8-16(22)9-7-14/h2-10,19H,11-12H2,1H3/t19-/m0/s1. The highest BCUT2D eigenvalue weighted by atomic mass is 35.5. The van der Waals surface area contributed by atoms with Gasteiger partial charge >= 0.3 is 0 Å². The topological polar surface area (TPSA) is 66.0 Å². The van der Waals surface area contributed by atoms with E-state index >= 15 is 0 Å². The second kappa shape index (κ2) is 6.89. The van der Waals surface area contributed by atoms with Crippen LogP contribution < -0.4 is 0 Å². The summed E-state index contributed by atoms with van der Waals surface area (Å²) in [5.41, 5.74) is 4.81. The van der Waals surface area contributed by atoms with Crippen LogP contribution in [0, 0.1) is 6.92 Å². The first-order valence-electron chi connectivity index (χ1n) is 9.00. The molecule has 0 unspecified atom stereocenters. The summed E-state index contributed by atoms with van der Waals surface area (Å²) in [6.45, 7) is 3.13. The van der Waals surface area contributed by atoms with Gasteiger partial charge in [-0.25, -0.2) is 0 Å². The first-order valence-corrected chi connectivity index (χ1v) is 9.38. The Morgan fingerprint density at radius 2 is 1.86 bits per heavy atom. The van der Waals surface area contributed by atoms with Crippen LogP contribution in [-0.2, 0) is 17.9 Å². The zero-order chi connectivity index (χ0) is 19.1. The lowest BCUT2D eigenvalue weighted by atomic mass is 10.1. The fourth-order valence-electron chi connectivity index (χ4n) is 3.26. The lowest BCUT2D eigenvalue weighted by molar-refractivity contribution is -0.00112. The smallest absolute Gasteiger partial charge is 0.278 e. The van der Waals surface area contributed by atoms with Gasteiger partial charge in [-0.3, -0.25) is 4.68 Å². The molecule has 0 saturated heterocycles. The van der Waals surface area contributed by atoms with Gasteiger partial charge in [-0.05, 0) is 30.7 Å². The highest BCUT2D eigenvalue weighted by Gasteiger charge is 2.24. The number of rotatable bonds is 3. The van der Waals surface area contributed by atoms with Crippen molar-refractivity contribution in [3.05, 3.63) is 76.4 Å². The average Bonchev–Trinajstić information content (AvgIpc) is 3.35. The Balaban J connectivity index is 1.39. The van der Waals surface area contributed by atoms with Crippen molar-refractivity contribution in [2.45, 2.75) is 26.2 Å². The van der Waals surface area contributed by atoms with Crippen LogP contribution in [0.15, 0.2) is 59.1 Å². The van der Waals surface area contributed by atoms with E-state index in [2.05, 4.69) is 15.2 Å². The van der Waals surface area contributed by atoms with Gasteiger partial charge in [0.05, 0.1) is 18.8 Å². The van der Waals surface area contributed by atoms with Gasteiger partial charge in [0, 0.05) is 10.6 Å². The zero-order valence-electron chi connectivity index (χ0n) is 15.2. The number of halogens is 1. The molecule has 0 radical (unpaired) electrons. The van der Waals surface area contributed by atoms with E-state index in [1.165, 1.54) is 5.56 Å². The molecule has 4 aromatic rings. The molecule has 7 heteroatoms. The van der Waals surface area contributed by atoms with Gasteiger partial charge in [0.15, 0.2) is 5.69 Å². The molecule has 0 amide bonds. The summed E-state index contributed by atoms with van der Waals surface area (Å²) >= 11 is 5.98. The van der Waals surface area contributed by atoms with Gasteiger partial charge in [-0.15, -0.1) is 0 Å². The molecular weight excluding hydrogens is 376 g/mol. The van der Waals surface area contributed by atoms with E-state index in [9.17, 15) is 0 Å². The third-order valence-electron chi connectivity index (χ3n) is 4.83. The zero-order valence-corrected chi connectivity index (χ0v) is 15.9. The molecule has 3 heterocycles. The maximum absolute atomic E-state index is 5.99. The summed E-state index contributed by atoms with van der Waals surface area (Å²) in [4.78, 5) is 4.50. The maximum atomic E-state index is 5.99. The van der Waals surface area contributed by atoms with E-state index in [-0.39, 0.29) is 6.10 Å². The highest BCUT2D eigenvalue weighted by Crippen LogP contribution is 2.30. The van der Waals surface area contributed by atoms with Gasteiger partial charge in [0.1, 0.15) is 6.10 Å². The first kappa shape index (κ1) is 17.2. The number of hydrogen-bond acceptors (Lipinski definition) is 5. The maximum Gasteiger partial charge on any atom is 0.278 e. The second-order valence-electron chi connectivity index (χ2n) is 6.84. The number of aromatic nitrogens is 4. The van der Waals surface area contributed by atoms with Crippen molar-refractivity contribution < 1.29 is 9.26 Å². The van der Waals surface area contributed by atoms with E-state index in [0.29, 0.717) is 35.6 Å². The van der Waals surface area contributed by atoms with Gasteiger partial charge in [0.25, 0.3) is 5.89 Å². The van der Waals surface area contributed by atoms with Crippen molar-refractivity contribution in [1.82, 2.24) is 19.9 Å². The number of hydrogen-bond donors (Lipinski definition) is 0. The molecule has 140 valence electrons. The number of fused-ring (bicyclic) bond motifs is 1. The Hall–Kier alpha value is -2.96. The molecule has 0 aliphatic carbocycles. The minimum absolute atomic E-state index is 0.0664. The van der Waals surface area contributed by atoms with Crippen molar-refractivity contribution in [3.63, 3.8) is 0 Å². The molecule has 0 spiro atoms. The van der Waals surface area contributed by atoms with Gasteiger partial charge < -0.3 is 9.26 Å². The quantitative estimate of drug-likeness (QED) is 0.499. The SMILES string of the molecule is Cc1ccc(-c2noc(-c3cc4n(n3)C[C@@H](c3ccc(Cl)cc3)OC4)n2)cc1. The Bertz CT molecular complexity index is 1120. The molecule has 0 N–H and O–H groups in total. The predicted molar refractivity (Wildman–Crippen MR) is 105 cm³/mol. The summed E-state index contributed by atoms with van der Waals surface area (Å²) < 4.78 is 13.4. The largest absolute Gasteiger partial charge is 0.365 e. The van der Waals surface area contributed by atoms with Crippen molar-refractivity contribution >= 4 is 11.6 Å². The van der Waals surface area contributed by atoms with Crippen LogP contribution in [0.1, 0.15) is 22.9 Å². The van der Waals surface area contributed by atoms with Crippen LogP contribution >= 0.6 is 11.6 Å². The predicted octanol–water partition coefficient (Wildman–Crippen LogP) is 4.83. The number of benzene rings is 2. The van der Waals surface area contributed by atoms with Gasteiger partial charge in [-0.1, -0.05) is 58.7 Å². The molecule has 2 aromatic carbocycles. The molecule has 28 heavy (non-hydrogen) atoms. The van der Waals surface area contributed by atoms with E-state index in [1.807, 2.05) is 66.2 Å². The third kappa shape index (κ3) is 3.21. The Morgan fingerprint density at radius 1 is 1.07 bits per heavy atom. The van der Waals surface area contributed by atoms with Crippen LogP contribution in [-0.4, -0.2) is 19.9 Å². The fourth-order valence-corrected chi connectivity index (χ4v) is 3.38. The van der Waals surface area contributed by atoms with E-state index in [1.54, 1.807) is 0 Å². The van der Waals surface area contributed by atoms with Crippen molar-refractivity contribution in [2.75, 3.05) is 0 Å². The van der Waals surface area contributed by atoms with Crippen molar-refractivity contribution in [2.24, 2.45) is 0 Å². The molecule has 1 atom stereocenters.